The Labute approximate surface area is 122 Å². The molecule has 0 saturated heterocycles. The summed E-state index contributed by atoms with van der Waals surface area (Å²) < 4.78 is 5.11. The van der Waals surface area contributed by atoms with Crippen molar-refractivity contribution in [1.29, 1.82) is 0 Å². The number of anilines is 1. The summed E-state index contributed by atoms with van der Waals surface area (Å²) in [5.74, 6) is 0.129. The smallest absolute Gasteiger partial charge is 0.271 e. The molecule has 0 aliphatic heterocycles. The third-order valence-electron chi connectivity index (χ3n) is 3.78. The number of nitro groups is 1. The third kappa shape index (κ3) is 3.69. The fraction of sp³-hybridized carbons (Fsp3) is 0.500. The highest BCUT2D eigenvalue weighted by Crippen LogP contribution is 2.32. The summed E-state index contributed by atoms with van der Waals surface area (Å²) in [4.78, 5) is 22.4. The van der Waals surface area contributed by atoms with Crippen molar-refractivity contribution >= 4 is 17.3 Å². The Kier molecular flexibility index (Phi) is 4.42. The Morgan fingerprint density at radius 3 is 2.71 bits per heavy atom. The topological polar surface area (TPSA) is 107 Å². The van der Waals surface area contributed by atoms with Gasteiger partial charge < -0.3 is 15.8 Å². The fourth-order valence-corrected chi connectivity index (χ4v) is 2.68. The van der Waals surface area contributed by atoms with E-state index in [0.29, 0.717) is 11.4 Å². The maximum Gasteiger partial charge on any atom is 0.271 e. The lowest BCUT2D eigenvalue weighted by Gasteiger charge is -2.22. The van der Waals surface area contributed by atoms with Crippen LogP contribution in [0.4, 0.5) is 11.4 Å². The van der Waals surface area contributed by atoms with Crippen LogP contribution in [0.15, 0.2) is 18.2 Å². The molecule has 1 aliphatic rings. The first-order chi connectivity index (χ1) is 9.93. The van der Waals surface area contributed by atoms with E-state index in [0.717, 1.165) is 25.7 Å². The molecule has 2 rings (SSSR count). The number of nitrogens with one attached hydrogen (secondary N) is 1. The van der Waals surface area contributed by atoms with E-state index in [4.69, 9.17) is 10.5 Å². The van der Waals surface area contributed by atoms with E-state index in [1.807, 2.05) is 0 Å². The molecule has 21 heavy (non-hydrogen) atoms. The molecular formula is C14H19N3O4. The zero-order valence-corrected chi connectivity index (χ0v) is 11.9. The lowest BCUT2D eigenvalue weighted by molar-refractivity contribution is -0.384. The number of ether oxygens (including phenoxy) is 1. The highest BCUT2D eigenvalue weighted by molar-refractivity contribution is 5.93. The molecule has 0 unspecified atom stereocenters. The van der Waals surface area contributed by atoms with Crippen LogP contribution in [-0.4, -0.2) is 23.5 Å². The van der Waals surface area contributed by atoms with Gasteiger partial charge in [-0.05, 0) is 18.9 Å². The van der Waals surface area contributed by atoms with Crippen LogP contribution < -0.4 is 15.8 Å². The Balaban J connectivity index is 2.12. The molecule has 114 valence electrons. The lowest BCUT2D eigenvalue weighted by atomic mass is 9.94. The average molecular weight is 293 g/mol. The predicted molar refractivity (Wildman–Crippen MR) is 78.3 cm³/mol. The van der Waals surface area contributed by atoms with Crippen LogP contribution in [0.2, 0.25) is 0 Å². The zero-order chi connectivity index (χ0) is 15.5. The van der Waals surface area contributed by atoms with E-state index >= 15 is 0 Å². The van der Waals surface area contributed by atoms with Crippen molar-refractivity contribution in [3.8, 4) is 5.75 Å². The first-order valence-corrected chi connectivity index (χ1v) is 6.85. The van der Waals surface area contributed by atoms with Crippen LogP contribution in [0.25, 0.3) is 0 Å². The van der Waals surface area contributed by atoms with E-state index in [1.165, 1.54) is 25.3 Å². The number of non-ortho nitro benzene ring substituents is 1. The molecule has 7 nitrogen and oxygen atoms in total. The highest BCUT2D eigenvalue weighted by Gasteiger charge is 2.32. The molecule has 1 fully saturated rings. The second-order valence-corrected chi connectivity index (χ2v) is 5.44. The Bertz CT molecular complexity index is 553. The largest absolute Gasteiger partial charge is 0.495 e. The number of carbonyl (C=O) groups is 1. The number of hydrogen-bond acceptors (Lipinski definition) is 5. The molecule has 0 spiro atoms. The van der Waals surface area contributed by atoms with Gasteiger partial charge in [0.1, 0.15) is 5.75 Å². The molecule has 1 amide bonds. The second-order valence-electron chi connectivity index (χ2n) is 5.44. The number of nitrogens with two attached hydrogens (primary N) is 1. The molecule has 0 heterocycles. The Morgan fingerprint density at radius 2 is 2.14 bits per heavy atom. The van der Waals surface area contributed by atoms with Gasteiger partial charge in [0.05, 0.1) is 17.7 Å². The number of benzene rings is 1. The molecule has 1 aromatic rings. The SMILES string of the molecule is COc1ccc([N+](=O)[O-])cc1NC(=O)CC1(N)CCCC1. The van der Waals surface area contributed by atoms with E-state index < -0.39 is 10.5 Å². The van der Waals surface area contributed by atoms with Gasteiger partial charge in [-0.2, -0.15) is 0 Å². The Morgan fingerprint density at radius 1 is 1.48 bits per heavy atom. The number of amides is 1. The number of nitrogens with zero attached hydrogens (tertiary/aromatic N) is 1. The summed E-state index contributed by atoms with van der Waals surface area (Å²) in [7, 11) is 1.44. The zero-order valence-electron chi connectivity index (χ0n) is 11.9. The Hall–Kier alpha value is -2.15. The molecule has 3 N–H and O–H groups in total. The average Bonchev–Trinajstić information content (AvgIpc) is 2.84. The van der Waals surface area contributed by atoms with Crippen molar-refractivity contribution in [2.75, 3.05) is 12.4 Å². The van der Waals surface area contributed by atoms with Gasteiger partial charge in [-0.15, -0.1) is 0 Å². The number of rotatable bonds is 5. The van der Waals surface area contributed by atoms with Crippen molar-refractivity contribution in [2.24, 2.45) is 5.73 Å². The van der Waals surface area contributed by atoms with Crippen LogP contribution in [0.5, 0.6) is 5.75 Å². The summed E-state index contributed by atoms with van der Waals surface area (Å²) in [5, 5.41) is 13.5. The summed E-state index contributed by atoms with van der Waals surface area (Å²) >= 11 is 0. The normalized spacial score (nSPS) is 16.5. The minimum atomic E-state index is -0.517. The molecule has 1 saturated carbocycles. The van der Waals surface area contributed by atoms with Crippen molar-refractivity contribution in [3.05, 3.63) is 28.3 Å². The number of methoxy groups -OCH3 is 1. The third-order valence-corrected chi connectivity index (χ3v) is 3.78. The molecular weight excluding hydrogens is 274 g/mol. The van der Waals surface area contributed by atoms with E-state index in [9.17, 15) is 14.9 Å². The molecule has 0 radical (unpaired) electrons. The molecule has 0 aromatic heterocycles. The van der Waals surface area contributed by atoms with Crippen molar-refractivity contribution in [1.82, 2.24) is 0 Å². The summed E-state index contributed by atoms with van der Waals surface area (Å²) in [6.45, 7) is 0. The first kappa shape index (κ1) is 15.2. The quantitative estimate of drug-likeness (QED) is 0.639. The van der Waals surface area contributed by atoms with Crippen molar-refractivity contribution < 1.29 is 14.5 Å². The predicted octanol–water partition coefficient (Wildman–Crippen LogP) is 2.20. The van der Waals surface area contributed by atoms with Crippen LogP contribution in [0.3, 0.4) is 0 Å². The fourth-order valence-electron chi connectivity index (χ4n) is 2.68. The van der Waals surface area contributed by atoms with Gasteiger partial charge in [0.15, 0.2) is 0 Å². The van der Waals surface area contributed by atoms with E-state index in [1.54, 1.807) is 0 Å². The summed E-state index contributed by atoms with van der Waals surface area (Å²) in [6, 6.07) is 4.08. The van der Waals surface area contributed by atoms with Crippen LogP contribution in [0.1, 0.15) is 32.1 Å². The number of nitro benzene ring substituents is 1. The van der Waals surface area contributed by atoms with Crippen LogP contribution in [-0.2, 0) is 4.79 Å². The molecule has 0 bridgehead atoms. The molecule has 1 aromatic carbocycles. The summed E-state index contributed by atoms with van der Waals surface area (Å²) in [5.41, 5.74) is 5.89. The lowest BCUT2D eigenvalue weighted by Crippen LogP contribution is -2.40. The molecule has 7 heteroatoms. The first-order valence-electron chi connectivity index (χ1n) is 6.85. The van der Waals surface area contributed by atoms with Gasteiger partial charge in [0.2, 0.25) is 5.91 Å². The number of hydrogen-bond donors (Lipinski definition) is 2. The molecule has 0 atom stereocenters. The summed E-state index contributed by atoms with van der Waals surface area (Å²) in [6.07, 6.45) is 3.92. The van der Waals surface area contributed by atoms with Gasteiger partial charge in [-0.25, -0.2) is 0 Å². The minimum absolute atomic E-state index is 0.102. The highest BCUT2D eigenvalue weighted by atomic mass is 16.6. The molecule has 1 aliphatic carbocycles. The maximum atomic E-state index is 12.1. The van der Waals surface area contributed by atoms with Gasteiger partial charge in [0.25, 0.3) is 5.69 Å². The van der Waals surface area contributed by atoms with Crippen LogP contribution >= 0.6 is 0 Å². The second kappa shape index (κ2) is 6.09. The van der Waals surface area contributed by atoms with Gasteiger partial charge in [-0.3, -0.25) is 14.9 Å². The van der Waals surface area contributed by atoms with E-state index in [2.05, 4.69) is 5.32 Å². The number of carbonyl (C=O) groups excluding carboxylic acids is 1. The standard InChI is InChI=1S/C14H19N3O4/c1-21-12-5-4-10(17(19)20)8-11(12)16-13(18)9-14(15)6-2-3-7-14/h4-5,8H,2-3,6-7,9,15H2,1H3,(H,16,18). The van der Waals surface area contributed by atoms with Gasteiger partial charge in [0, 0.05) is 24.1 Å². The van der Waals surface area contributed by atoms with Gasteiger partial charge in [-0.1, -0.05) is 12.8 Å². The van der Waals surface area contributed by atoms with Gasteiger partial charge >= 0.3 is 0 Å². The maximum absolute atomic E-state index is 12.1. The van der Waals surface area contributed by atoms with Crippen LogP contribution in [0, 0.1) is 10.1 Å². The van der Waals surface area contributed by atoms with Crippen molar-refractivity contribution in [3.63, 3.8) is 0 Å². The van der Waals surface area contributed by atoms with Crippen molar-refractivity contribution in [2.45, 2.75) is 37.6 Å². The van der Waals surface area contributed by atoms with E-state index in [-0.39, 0.29) is 18.0 Å². The monoisotopic (exact) mass is 293 g/mol. The minimum Gasteiger partial charge on any atom is -0.495 e.